The fourth-order valence-electron chi connectivity index (χ4n) is 2.32. The van der Waals surface area contributed by atoms with Crippen molar-refractivity contribution in [3.63, 3.8) is 0 Å². The van der Waals surface area contributed by atoms with Crippen LogP contribution in [0.2, 0.25) is 0 Å². The monoisotopic (exact) mass is 213 g/mol. The topological polar surface area (TPSA) is 40.5 Å². The van der Waals surface area contributed by atoms with Gasteiger partial charge in [0.15, 0.2) is 0 Å². The molecule has 0 bridgehead atoms. The quantitative estimate of drug-likeness (QED) is 0.736. The van der Waals surface area contributed by atoms with Crippen LogP contribution in [-0.2, 0) is 4.79 Å². The van der Waals surface area contributed by atoms with Gasteiger partial charge >= 0.3 is 5.97 Å². The molecule has 1 saturated heterocycles. The molecular formula is C12H23NO2. The number of carboxylic acids is 1. The lowest BCUT2D eigenvalue weighted by Gasteiger charge is -2.23. The standard InChI is InChI=1S/C12H23NO2/c1-10(2)5-3-7-13-8-4-6-11(13)9-12(14)15/h10-11H,3-9H2,1-2H3,(H,14,15). The number of aliphatic carboxylic acids is 1. The zero-order valence-corrected chi connectivity index (χ0v) is 9.91. The van der Waals surface area contributed by atoms with Crippen LogP contribution < -0.4 is 0 Å². The van der Waals surface area contributed by atoms with Crippen LogP contribution in [0.5, 0.6) is 0 Å². The Morgan fingerprint density at radius 2 is 2.27 bits per heavy atom. The van der Waals surface area contributed by atoms with E-state index in [1.807, 2.05) is 0 Å². The molecule has 0 aliphatic carbocycles. The highest BCUT2D eigenvalue weighted by Crippen LogP contribution is 2.20. The van der Waals surface area contributed by atoms with Gasteiger partial charge in [-0.2, -0.15) is 0 Å². The predicted molar refractivity (Wildman–Crippen MR) is 60.9 cm³/mol. The number of nitrogens with zero attached hydrogens (tertiary/aromatic N) is 1. The van der Waals surface area contributed by atoms with Crippen LogP contribution in [0.15, 0.2) is 0 Å². The van der Waals surface area contributed by atoms with Crippen molar-refractivity contribution < 1.29 is 9.90 Å². The average molecular weight is 213 g/mol. The molecule has 0 spiro atoms. The Bertz CT molecular complexity index is 204. The summed E-state index contributed by atoms with van der Waals surface area (Å²) in [5.74, 6) is 0.0984. The van der Waals surface area contributed by atoms with Crippen molar-refractivity contribution >= 4 is 5.97 Å². The van der Waals surface area contributed by atoms with Crippen molar-refractivity contribution in [2.45, 2.75) is 52.0 Å². The Hall–Kier alpha value is -0.570. The third-order valence-electron chi connectivity index (χ3n) is 3.14. The van der Waals surface area contributed by atoms with Gasteiger partial charge in [-0.1, -0.05) is 13.8 Å². The highest BCUT2D eigenvalue weighted by molar-refractivity contribution is 5.67. The summed E-state index contributed by atoms with van der Waals surface area (Å²) in [7, 11) is 0. The van der Waals surface area contributed by atoms with E-state index in [9.17, 15) is 4.79 Å². The molecule has 0 saturated carbocycles. The third-order valence-corrected chi connectivity index (χ3v) is 3.14. The first-order chi connectivity index (χ1) is 7.09. The maximum Gasteiger partial charge on any atom is 0.304 e. The molecule has 0 radical (unpaired) electrons. The molecule has 0 amide bonds. The molecule has 0 aromatic rings. The Morgan fingerprint density at radius 1 is 1.53 bits per heavy atom. The van der Waals surface area contributed by atoms with E-state index in [1.165, 1.54) is 19.3 Å². The first-order valence-corrected chi connectivity index (χ1v) is 6.05. The lowest BCUT2D eigenvalue weighted by molar-refractivity contribution is -0.138. The molecule has 1 aliphatic rings. The van der Waals surface area contributed by atoms with E-state index in [0.717, 1.165) is 25.4 Å². The molecule has 0 aromatic carbocycles. The van der Waals surface area contributed by atoms with Gasteiger partial charge in [-0.3, -0.25) is 9.69 Å². The first-order valence-electron chi connectivity index (χ1n) is 6.05. The number of carboxylic acid groups (broad SMARTS) is 1. The lowest BCUT2D eigenvalue weighted by atomic mass is 10.1. The molecule has 3 heteroatoms. The van der Waals surface area contributed by atoms with E-state index in [0.29, 0.717) is 12.5 Å². The average Bonchev–Trinajstić information content (AvgIpc) is 2.51. The van der Waals surface area contributed by atoms with Gasteiger partial charge in [0.1, 0.15) is 0 Å². The van der Waals surface area contributed by atoms with Crippen molar-refractivity contribution in [3.8, 4) is 0 Å². The minimum Gasteiger partial charge on any atom is -0.481 e. The van der Waals surface area contributed by atoms with E-state index < -0.39 is 5.97 Å². The summed E-state index contributed by atoms with van der Waals surface area (Å²) in [5, 5.41) is 8.78. The lowest BCUT2D eigenvalue weighted by Crippen LogP contribution is -2.32. The first kappa shape index (κ1) is 12.5. The van der Waals surface area contributed by atoms with Gasteiger partial charge in [0.25, 0.3) is 0 Å². The van der Waals surface area contributed by atoms with Gasteiger partial charge in [-0.05, 0) is 44.7 Å². The van der Waals surface area contributed by atoms with E-state index >= 15 is 0 Å². The van der Waals surface area contributed by atoms with Crippen LogP contribution in [0.4, 0.5) is 0 Å². The third kappa shape index (κ3) is 4.65. The van der Waals surface area contributed by atoms with Gasteiger partial charge in [0.2, 0.25) is 0 Å². The zero-order chi connectivity index (χ0) is 11.3. The van der Waals surface area contributed by atoms with Crippen molar-refractivity contribution in [1.29, 1.82) is 0 Å². The maximum absolute atomic E-state index is 10.7. The number of rotatable bonds is 6. The molecule has 1 heterocycles. The van der Waals surface area contributed by atoms with Crippen LogP contribution in [0.1, 0.15) is 46.0 Å². The normalized spacial score (nSPS) is 22.5. The summed E-state index contributed by atoms with van der Waals surface area (Å²) in [6.07, 6.45) is 5.00. The van der Waals surface area contributed by atoms with Crippen LogP contribution in [-0.4, -0.2) is 35.1 Å². The van der Waals surface area contributed by atoms with E-state index in [-0.39, 0.29) is 0 Å². The Kier molecular flexibility index (Phi) is 5.09. The van der Waals surface area contributed by atoms with Crippen molar-refractivity contribution in [1.82, 2.24) is 4.90 Å². The summed E-state index contributed by atoms with van der Waals surface area (Å²) >= 11 is 0. The second kappa shape index (κ2) is 6.11. The molecule has 1 rings (SSSR count). The minimum absolute atomic E-state index is 0.301. The predicted octanol–water partition coefficient (Wildman–Crippen LogP) is 2.36. The molecular weight excluding hydrogens is 190 g/mol. The summed E-state index contributed by atoms with van der Waals surface area (Å²) < 4.78 is 0. The highest BCUT2D eigenvalue weighted by atomic mass is 16.4. The molecule has 1 aliphatic heterocycles. The van der Waals surface area contributed by atoms with E-state index in [2.05, 4.69) is 18.7 Å². The van der Waals surface area contributed by atoms with Crippen LogP contribution in [0, 0.1) is 5.92 Å². The second-order valence-corrected chi connectivity index (χ2v) is 4.97. The smallest absolute Gasteiger partial charge is 0.304 e. The van der Waals surface area contributed by atoms with E-state index in [4.69, 9.17) is 5.11 Å². The molecule has 1 fully saturated rings. The number of hydrogen-bond acceptors (Lipinski definition) is 2. The van der Waals surface area contributed by atoms with Gasteiger partial charge in [0.05, 0.1) is 6.42 Å². The van der Waals surface area contributed by atoms with Gasteiger partial charge in [0, 0.05) is 6.04 Å². The maximum atomic E-state index is 10.7. The highest BCUT2D eigenvalue weighted by Gasteiger charge is 2.25. The second-order valence-electron chi connectivity index (χ2n) is 4.97. The molecule has 1 atom stereocenters. The Labute approximate surface area is 92.5 Å². The largest absolute Gasteiger partial charge is 0.481 e. The number of carbonyl (C=O) groups is 1. The summed E-state index contributed by atoms with van der Waals surface area (Å²) in [5.41, 5.74) is 0. The van der Waals surface area contributed by atoms with Crippen LogP contribution >= 0.6 is 0 Å². The number of likely N-dealkylation sites (tertiary alicyclic amines) is 1. The summed E-state index contributed by atoms with van der Waals surface area (Å²) in [6.45, 7) is 6.64. The van der Waals surface area contributed by atoms with Crippen molar-refractivity contribution in [3.05, 3.63) is 0 Å². The SMILES string of the molecule is CC(C)CCCN1CCCC1CC(=O)O. The number of hydrogen-bond donors (Lipinski definition) is 1. The summed E-state index contributed by atoms with van der Waals surface area (Å²) in [6, 6.07) is 0.301. The minimum atomic E-state index is -0.657. The molecule has 1 N–H and O–H groups in total. The fraction of sp³-hybridized carbons (Fsp3) is 0.917. The molecule has 0 aromatic heterocycles. The molecule has 88 valence electrons. The van der Waals surface area contributed by atoms with Crippen LogP contribution in [0.3, 0.4) is 0 Å². The molecule has 15 heavy (non-hydrogen) atoms. The van der Waals surface area contributed by atoms with Crippen molar-refractivity contribution in [2.24, 2.45) is 5.92 Å². The zero-order valence-electron chi connectivity index (χ0n) is 9.91. The Morgan fingerprint density at radius 3 is 2.87 bits per heavy atom. The van der Waals surface area contributed by atoms with Gasteiger partial charge in [-0.15, -0.1) is 0 Å². The van der Waals surface area contributed by atoms with Gasteiger partial charge < -0.3 is 5.11 Å². The fourth-order valence-corrected chi connectivity index (χ4v) is 2.32. The van der Waals surface area contributed by atoms with Crippen molar-refractivity contribution in [2.75, 3.05) is 13.1 Å². The van der Waals surface area contributed by atoms with Crippen LogP contribution in [0.25, 0.3) is 0 Å². The summed E-state index contributed by atoms with van der Waals surface area (Å²) in [4.78, 5) is 13.0. The molecule has 3 nitrogen and oxygen atoms in total. The van der Waals surface area contributed by atoms with E-state index in [1.54, 1.807) is 0 Å². The van der Waals surface area contributed by atoms with Gasteiger partial charge in [-0.25, -0.2) is 0 Å². The molecule has 1 unspecified atom stereocenters. The Balaban J connectivity index is 2.24.